The summed E-state index contributed by atoms with van der Waals surface area (Å²) in [7, 11) is 0. The van der Waals surface area contributed by atoms with Gasteiger partial charge in [-0.05, 0) is 42.4 Å². The molecule has 2 aromatic rings. The first-order valence-corrected chi connectivity index (χ1v) is 8.23. The zero-order valence-corrected chi connectivity index (χ0v) is 12.8. The Labute approximate surface area is 131 Å². The number of carboxylic acid groups (broad SMARTS) is 1. The number of nitrogens with two attached hydrogens (primary N) is 1. The van der Waals surface area contributed by atoms with E-state index < -0.39 is 5.97 Å². The lowest BCUT2D eigenvalue weighted by molar-refractivity contribution is -0.676. The molecule has 0 saturated heterocycles. The van der Waals surface area contributed by atoms with Crippen molar-refractivity contribution >= 4 is 16.7 Å². The van der Waals surface area contributed by atoms with Gasteiger partial charge in [0, 0.05) is 17.5 Å². The lowest BCUT2D eigenvalue weighted by Crippen LogP contribution is -2.84. The van der Waals surface area contributed by atoms with Crippen molar-refractivity contribution in [3.05, 3.63) is 48.0 Å². The van der Waals surface area contributed by atoms with E-state index in [1.165, 1.54) is 16.3 Å². The first-order chi connectivity index (χ1) is 10.7. The maximum absolute atomic E-state index is 10.9. The molecule has 0 bridgehead atoms. The van der Waals surface area contributed by atoms with Crippen LogP contribution in [0.3, 0.4) is 0 Å². The number of carbonyl (C=O) groups is 1. The predicted molar refractivity (Wildman–Crippen MR) is 84.9 cm³/mol. The van der Waals surface area contributed by atoms with Crippen molar-refractivity contribution < 1.29 is 15.2 Å². The summed E-state index contributed by atoms with van der Waals surface area (Å²) in [6, 6.07) is 15.0. The molecule has 0 amide bonds. The summed E-state index contributed by atoms with van der Waals surface area (Å²) in [4.78, 5) is 10.9. The summed E-state index contributed by atoms with van der Waals surface area (Å²) < 4.78 is 0. The number of quaternary nitrogens is 1. The van der Waals surface area contributed by atoms with Crippen LogP contribution in [-0.4, -0.2) is 12.5 Å². The Morgan fingerprint density at radius 1 is 1.05 bits per heavy atom. The third-order valence-electron chi connectivity index (χ3n) is 4.92. The van der Waals surface area contributed by atoms with E-state index in [0.717, 1.165) is 38.8 Å². The molecule has 0 radical (unpaired) electrons. The van der Waals surface area contributed by atoms with Crippen LogP contribution in [0.15, 0.2) is 42.5 Å². The standard InChI is InChI=1S/C19H23NO2/c21-19(22)16-10-8-14(9-11-16)12-20-13-17-6-3-5-15-4-1-2-7-18(15)17/h1-7,14,16,20H,8-13H2,(H,21,22). The highest BCUT2D eigenvalue weighted by Gasteiger charge is 2.22. The van der Waals surface area contributed by atoms with E-state index in [1.807, 2.05) is 0 Å². The highest BCUT2D eigenvalue weighted by molar-refractivity contribution is 5.85. The van der Waals surface area contributed by atoms with Gasteiger partial charge in [-0.3, -0.25) is 0 Å². The Kier molecular flexibility index (Phi) is 4.74. The molecule has 116 valence electrons. The Balaban J connectivity index is 1.52. The molecule has 3 nitrogen and oxygen atoms in total. The molecule has 1 aliphatic rings. The van der Waals surface area contributed by atoms with Gasteiger partial charge >= 0.3 is 0 Å². The van der Waals surface area contributed by atoms with Crippen LogP contribution in [0.2, 0.25) is 0 Å². The van der Waals surface area contributed by atoms with Crippen LogP contribution in [0, 0.1) is 11.8 Å². The highest BCUT2D eigenvalue weighted by Crippen LogP contribution is 2.27. The molecular formula is C19H23NO2. The molecule has 0 aromatic heterocycles. The third kappa shape index (κ3) is 3.47. The predicted octanol–water partition coefficient (Wildman–Crippen LogP) is 1.46. The van der Waals surface area contributed by atoms with Crippen LogP contribution < -0.4 is 10.4 Å². The monoisotopic (exact) mass is 297 g/mol. The van der Waals surface area contributed by atoms with Crippen molar-refractivity contribution in [1.82, 2.24) is 0 Å². The molecule has 1 saturated carbocycles. The first kappa shape index (κ1) is 15.0. The Hall–Kier alpha value is -1.87. The summed E-state index contributed by atoms with van der Waals surface area (Å²) >= 11 is 0. The Morgan fingerprint density at radius 2 is 1.77 bits per heavy atom. The largest absolute Gasteiger partial charge is 0.550 e. The molecule has 0 spiro atoms. The summed E-state index contributed by atoms with van der Waals surface area (Å²) in [6.45, 7) is 2.07. The minimum atomic E-state index is -0.863. The average Bonchev–Trinajstić information content (AvgIpc) is 2.55. The number of hydrogen-bond donors (Lipinski definition) is 1. The zero-order chi connectivity index (χ0) is 15.4. The molecular weight excluding hydrogens is 274 g/mol. The molecule has 1 aliphatic carbocycles. The van der Waals surface area contributed by atoms with E-state index in [-0.39, 0.29) is 5.92 Å². The van der Waals surface area contributed by atoms with Gasteiger partial charge in [0.25, 0.3) is 0 Å². The lowest BCUT2D eigenvalue weighted by atomic mass is 9.82. The molecule has 22 heavy (non-hydrogen) atoms. The van der Waals surface area contributed by atoms with Crippen LogP contribution in [0.1, 0.15) is 31.2 Å². The minimum Gasteiger partial charge on any atom is -0.550 e. The van der Waals surface area contributed by atoms with E-state index in [9.17, 15) is 9.90 Å². The maximum atomic E-state index is 10.9. The van der Waals surface area contributed by atoms with Gasteiger partial charge in [-0.15, -0.1) is 0 Å². The van der Waals surface area contributed by atoms with Crippen molar-refractivity contribution in [3.8, 4) is 0 Å². The number of hydrogen-bond acceptors (Lipinski definition) is 2. The Bertz CT molecular complexity index is 639. The molecule has 2 aromatic carbocycles. The van der Waals surface area contributed by atoms with E-state index in [1.54, 1.807) is 0 Å². The van der Waals surface area contributed by atoms with Crippen molar-refractivity contribution in [2.75, 3.05) is 6.54 Å². The summed E-state index contributed by atoms with van der Waals surface area (Å²) in [6.07, 6.45) is 3.61. The SMILES string of the molecule is O=C([O-])C1CCC(C[NH2+]Cc2cccc3ccccc23)CC1. The van der Waals surface area contributed by atoms with Gasteiger partial charge < -0.3 is 15.2 Å². The van der Waals surface area contributed by atoms with Crippen LogP contribution in [-0.2, 0) is 11.3 Å². The van der Waals surface area contributed by atoms with Gasteiger partial charge in [0.15, 0.2) is 0 Å². The van der Waals surface area contributed by atoms with Crippen LogP contribution in [0.4, 0.5) is 0 Å². The van der Waals surface area contributed by atoms with Crippen LogP contribution in [0.25, 0.3) is 10.8 Å². The number of carbonyl (C=O) groups excluding carboxylic acids is 1. The van der Waals surface area contributed by atoms with Crippen molar-refractivity contribution in [2.45, 2.75) is 32.2 Å². The number of carboxylic acids is 1. The second-order valence-corrected chi connectivity index (χ2v) is 6.40. The molecule has 1 fully saturated rings. The van der Waals surface area contributed by atoms with Crippen molar-refractivity contribution in [2.24, 2.45) is 11.8 Å². The fourth-order valence-electron chi connectivity index (χ4n) is 3.58. The van der Waals surface area contributed by atoms with Crippen molar-refractivity contribution in [1.29, 1.82) is 0 Å². The fourth-order valence-corrected chi connectivity index (χ4v) is 3.58. The maximum Gasteiger partial charge on any atom is 0.102 e. The van der Waals surface area contributed by atoms with Gasteiger partial charge in [0.05, 0.1) is 6.54 Å². The topological polar surface area (TPSA) is 56.7 Å². The lowest BCUT2D eigenvalue weighted by Gasteiger charge is -2.28. The van der Waals surface area contributed by atoms with E-state index in [2.05, 4.69) is 47.8 Å². The van der Waals surface area contributed by atoms with Gasteiger partial charge in [-0.25, -0.2) is 0 Å². The second-order valence-electron chi connectivity index (χ2n) is 6.40. The highest BCUT2D eigenvalue weighted by atomic mass is 16.4. The van der Waals surface area contributed by atoms with Gasteiger partial charge in [-0.1, -0.05) is 42.5 Å². The fraction of sp³-hybridized carbons (Fsp3) is 0.421. The van der Waals surface area contributed by atoms with Crippen LogP contribution in [0.5, 0.6) is 0 Å². The Morgan fingerprint density at radius 3 is 2.55 bits per heavy atom. The van der Waals surface area contributed by atoms with Crippen molar-refractivity contribution in [3.63, 3.8) is 0 Å². The molecule has 0 unspecified atom stereocenters. The minimum absolute atomic E-state index is 0.214. The van der Waals surface area contributed by atoms with E-state index >= 15 is 0 Å². The van der Waals surface area contributed by atoms with Gasteiger partial charge in [0.2, 0.25) is 0 Å². The molecule has 0 aliphatic heterocycles. The summed E-state index contributed by atoms with van der Waals surface area (Å²) in [5.74, 6) is -0.432. The summed E-state index contributed by atoms with van der Waals surface area (Å²) in [5.41, 5.74) is 1.38. The molecule has 0 heterocycles. The molecule has 2 N–H and O–H groups in total. The normalized spacial score (nSPS) is 21.8. The molecule has 0 atom stereocenters. The first-order valence-electron chi connectivity index (χ1n) is 8.23. The number of rotatable bonds is 5. The number of fused-ring (bicyclic) bond motifs is 1. The smallest absolute Gasteiger partial charge is 0.102 e. The van der Waals surface area contributed by atoms with Crippen LogP contribution >= 0.6 is 0 Å². The molecule has 3 rings (SSSR count). The zero-order valence-electron chi connectivity index (χ0n) is 12.8. The summed E-state index contributed by atoms with van der Waals surface area (Å²) in [5, 5.41) is 15.9. The number of benzene rings is 2. The second kappa shape index (κ2) is 6.93. The van der Waals surface area contributed by atoms with E-state index in [0.29, 0.717) is 5.92 Å². The van der Waals surface area contributed by atoms with E-state index in [4.69, 9.17) is 0 Å². The quantitative estimate of drug-likeness (QED) is 0.908. The molecule has 3 heteroatoms. The number of aliphatic carboxylic acids is 1. The van der Waals surface area contributed by atoms with Gasteiger partial charge in [-0.2, -0.15) is 0 Å². The average molecular weight is 297 g/mol. The third-order valence-corrected chi connectivity index (χ3v) is 4.92. The van der Waals surface area contributed by atoms with Gasteiger partial charge in [0.1, 0.15) is 6.54 Å².